The van der Waals surface area contributed by atoms with E-state index in [2.05, 4.69) is 18.2 Å². The number of aldehydes is 1. The summed E-state index contributed by atoms with van der Waals surface area (Å²) < 4.78 is 13.3. The van der Waals surface area contributed by atoms with Crippen LogP contribution in [0.15, 0.2) is 72.8 Å². The number of benzene rings is 3. The fourth-order valence-electron chi connectivity index (χ4n) is 3.37. The monoisotopic (exact) mass is 412 g/mol. The summed E-state index contributed by atoms with van der Waals surface area (Å²) in [6.07, 6.45) is 1.77. The predicted molar refractivity (Wildman–Crippen MR) is 117 cm³/mol. The first-order valence-corrected chi connectivity index (χ1v) is 10.3. The molecular formula is C25H17FN2OS. The lowest BCUT2D eigenvalue weighted by atomic mass is 9.97. The highest BCUT2D eigenvalue weighted by molar-refractivity contribution is 7.12. The van der Waals surface area contributed by atoms with Crippen molar-refractivity contribution < 1.29 is 9.18 Å². The molecule has 4 aromatic rings. The Morgan fingerprint density at radius 1 is 0.967 bits per heavy atom. The van der Waals surface area contributed by atoms with Crippen LogP contribution in [-0.4, -0.2) is 11.3 Å². The molecule has 0 aliphatic heterocycles. The molecule has 0 spiro atoms. The zero-order valence-electron chi connectivity index (χ0n) is 16.0. The van der Waals surface area contributed by atoms with Gasteiger partial charge in [-0.05, 0) is 53.1 Å². The van der Waals surface area contributed by atoms with Gasteiger partial charge < -0.3 is 4.79 Å². The molecule has 146 valence electrons. The van der Waals surface area contributed by atoms with Gasteiger partial charge in [-0.15, -0.1) is 11.3 Å². The quantitative estimate of drug-likeness (QED) is 0.375. The van der Waals surface area contributed by atoms with Crippen molar-refractivity contribution in [1.29, 1.82) is 5.26 Å². The van der Waals surface area contributed by atoms with E-state index in [4.69, 9.17) is 10.2 Å². The number of hydrogen-bond acceptors (Lipinski definition) is 4. The first-order valence-electron chi connectivity index (χ1n) is 9.44. The van der Waals surface area contributed by atoms with Crippen molar-refractivity contribution in [1.82, 2.24) is 4.98 Å². The molecule has 0 atom stereocenters. The second-order valence-electron chi connectivity index (χ2n) is 6.78. The third-order valence-electron chi connectivity index (χ3n) is 4.81. The summed E-state index contributed by atoms with van der Waals surface area (Å²) >= 11 is 1.51. The van der Waals surface area contributed by atoms with Crippen LogP contribution in [0.4, 0.5) is 4.39 Å². The highest BCUT2D eigenvalue weighted by Crippen LogP contribution is 2.32. The van der Waals surface area contributed by atoms with Gasteiger partial charge in [0.1, 0.15) is 12.1 Å². The number of carbonyl (C=O) groups is 1. The van der Waals surface area contributed by atoms with Gasteiger partial charge in [0.2, 0.25) is 0 Å². The molecule has 1 aromatic heterocycles. The Bertz CT molecular complexity index is 1220. The van der Waals surface area contributed by atoms with E-state index in [9.17, 15) is 9.18 Å². The van der Waals surface area contributed by atoms with E-state index in [-0.39, 0.29) is 12.2 Å². The van der Waals surface area contributed by atoms with Crippen LogP contribution in [0.2, 0.25) is 0 Å². The zero-order chi connectivity index (χ0) is 20.9. The van der Waals surface area contributed by atoms with Crippen LogP contribution < -0.4 is 0 Å². The summed E-state index contributed by atoms with van der Waals surface area (Å²) in [5.41, 5.74) is 5.39. The molecule has 5 heteroatoms. The standard InChI is InChI=1S/C25H17FN2OS/c26-21-11-9-19(10-12-21)25-23(13-14-29)30-24(28-25)15-20-3-1-2-4-22(20)18-7-5-17(16-27)6-8-18/h1-12,14H,13,15H2. The number of carbonyl (C=O) groups excluding carboxylic acids is 1. The maximum atomic E-state index is 13.3. The number of hydrogen-bond donors (Lipinski definition) is 0. The van der Waals surface area contributed by atoms with Crippen LogP contribution in [0.5, 0.6) is 0 Å². The van der Waals surface area contributed by atoms with Gasteiger partial charge in [0.25, 0.3) is 0 Å². The summed E-state index contributed by atoms with van der Waals surface area (Å²) in [6.45, 7) is 0. The number of rotatable bonds is 6. The third-order valence-corrected chi connectivity index (χ3v) is 5.89. The Labute approximate surface area is 178 Å². The minimum atomic E-state index is -0.303. The Hall–Kier alpha value is -3.62. The molecule has 30 heavy (non-hydrogen) atoms. The third kappa shape index (κ3) is 4.19. The second kappa shape index (κ2) is 8.81. The Balaban J connectivity index is 1.69. The van der Waals surface area contributed by atoms with Crippen LogP contribution >= 0.6 is 11.3 Å². The minimum Gasteiger partial charge on any atom is -0.303 e. The highest BCUT2D eigenvalue weighted by atomic mass is 32.1. The van der Waals surface area contributed by atoms with Gasteiger partial charge in [-0.2, -0.15) is 5.26 Å². The van der Waals surface area contributed by atoms with Crippen molar-refractivity contribution in [2.24, 2.45) is 0 Å². The molecule has 0 bridgehead atoms. The van der Waals surface area contributed by atoms with E-state index in [1.54, 1.807) is 12.1 Å². The minimum absolute atomic E-state index is 0.279. The first kappa shape index (κ1) is 19.7. The normalized spacial score (nSPS) is 10.5. The lowest BCUT2D eigenvalue weighted by molar-refractivity contribution is -0.107. The van der Waals surface area contributed by atoms with Gasteiger partial charge >= 0.3 is 0 Å². The van der Waals surface area contributed by atoms with Crippen molar-refractivity contribution in [3.05, 3.63) is 99.6 Å². The van der Waals surface area contributed by atoms with Crippen molar-refractivity contribution in [3.8, 4) is 28.5 Å². The van der Waals surface area contributed by atoms with Gasteiger partial charge in [-0.1, -0.05) is 36.4 Å². The highest BCUT2D eigenvalue weighted by Gasteiger charge is 2.15. The summed E-state index contributed by atoms with van der Waals surface area (Å²) in [6, 6.07) is 23.9. The zero-order valence-corrected chi connectivity index (χ0v) is 16.8. The molecule has 3 nitrogen and oxygen atoms in total. The number of thiazole rings is 1. The van der Waals surface area contributed by atoms with Crippen molar-refractivity contribution >= 4 is 17.6 Å². The molecule has 0 unspecified atom stereocenters. The van der Waals surface area contributed by atoms with E-state index in [0.29, 0.717) is 12.0 Å². The van der Waals surface area contributed by atoms with Crippen molar-refractivity contribution in [2.75, 3.05) is 0 Å². The van der Waals surface area contributed by atoms with Crippen LogP contribution in [0.3, 0.4) is 0 Å². The van der Waals surface area contributed by atoms with Crippen LogP contribution in [0.1, 0.15) is 21.0 Å². The molecule has 0 saturated heterocycles. The van der Waals surface area contributed by atoms with E-state index in [1.807, 2.05) is 36.4 Å². The maximum absolute atomic E-state index is 13.3. The number of aromatic nitrogens is 1. The van der Waals surface area contributed by atoms with Crippen LogP contribution in [-0.2, 0) is 17.6 Å². The fraction of sp³-hybridized carbons (Fsp3) is 0.0800. The van der Waals surface area contributed by atoms with Crippen LogP contribution in [0, 0.1) is 17.1 Å². The molecule has 0 amide bonds. The summed E-state index contributed by atoms with van der Waals surface area (Å²) in [4.78, 5) is 16.8. The van der Waals surface area contributed by atoms with Gasteiger partial charge in [0, 0.05) is 23.3 Å². The lowest BCUT2D eigenvalue weighted by Crippen LogP contribution is -1.92. The average molecular weight is 412 g/mol. The van der Waals surface area contributed by atoms with Gasteiger partial charge in [0.05, 0.1) is 22.3 Å². The molecule has 3 aromatic carbocycles. The summed E-state index contributed by atoms with van der Waals surface area (Å²) in [5.74, 6) is -0.303. The molecule has 4 rings (SSSR count). The molecule has 0 N–H and O–H groups in total. The van der Waals surface area contributed by atoms with Gasteiger partial charge in [-0.25, -0.2) is 9.37 Å². The molecule has 0 saturated carbocycles. The SMILES string of the molecule is N#Cc1ccc(-c2ccccc2Cc2nc(-c3ccc(F)cc3)c(CC=O)s2)cc1. The fourth-order valence-corrected chi connectivity index (χ4v) is 4.43. The Kier molecular flexibility index (Phi) is 5.78. The van der Waals surface area contributed by atoms with E-state index in [0.717, 1.165) is 44.1 Å². The first-order chi connectivity index (χ1) is 14.7. The summed E-state index contributed by atoms with van der Waals surface area (Å²) in [5, 5.41) is 9.92. The predicted octanol–water partition coefficient (Wildman–Crippen LogP) is 5.82. The largest absolute Gasteiger partial charge is 0.303 e. The number of nitrogens with zero attached hydrogens (tertiary/aromatic N) is 2. The maximum Gasteiger partial charge on any atom is 0.125 e. The van der Waals surface area contributed by atoms with E-state index >= 15 is 0 Å². The summed E-state index contributed by atoms with van der Waals surface area (Å²) in [7, 11) is 0. The molecule has 0 fully saturated rings. The second-order valence-corrected chi connectivity index (χ2v) is 7.95. The molecule has 0 aliphatic rings. The smallest absolute Gasteiger partial charge is 0.125 e. The lowest BCUT2D eigenvalue weighted by Gasteiger charge is -2.08. The molecular weight excluding hydrogens is 395 g/mol. The molecule has 0 radical (unpaired) electrons. The Morgan fingerprint density at radius 3 is 2.37 bits per heavy atom. The van der Waals surface area contributed by atoms with E-state index < -0.39 is 0 Å². The number of halogens is 1. The Morgan fingerprint density at radius 2 is 1.67 bits per heavy atom. The average Bonchev–Trinajstić information content (AvgIpc) is 3.17. The van der Waals surface area contributed by atoms with Crippen molar-refractivity contribution in [3.63, 3.8) is 0 Å². The van der Waals surface area contributed by atoms with Gasteiger partial charge in [0.15, 0.2) is 0 Å². The van der Waals surface area contributed by atoms with Crippen LogP contribution in [0.25, 0.3) is 22.4 Å². The molecule has 1 heterocycles. The van der Waals surface area contributed by atoms with Gasteiger partial charge in [-0.3, -0.25) is 0 Å². The number of nitriles is 1. The topological polar surface area (TPSA) is 53.8 Å². The molecule has 0 aliphatic carbocycles. The van der Waals surface area contributed by atoms with E-state index in [1.165, 1.54) is 23.5 Å². The van der Waals surface area contributed by atoms with Crippen molar-refractivity contribution in [2.45, 2.75) is 12.8 Å².